The number of amides is 1. The molecule has 0 aromatic heterocycles. The Kier molecular flexibility index (Phi) is 6.48. The van der Waals surface area contributed by atoms with E-state index in [0.29, 0.717) is 41.9 Å². The third kappa shape index (κ3) is 5.25. The highest BCUT2D eigenvalue weighted by Crippen LogP contribution is 2.32. The van der Waals surface area contributed by atoms with E-state index in [1.807, 2.05) is 11.0 Å². The molecule has 1 heterocycles. The van der Waals surface area contributed by atoms with Gasteiger partial charge >= 0.3 is 0 Å². The summed E-state index contributed by atoms with van der Waals surface area (Å²) in [6, 6.07) is 7.69. The first-order chi connectivity index (χ1) is 13.5. The largest absolute Gasteiger partial charge is 0.368 e. The van der Waals surface area contributed by atoms with Crippen LogP contribution in [0.5, 0.6) is 0 Å². The maximum Gasteiger partial charge on any atom is 0.267 e. The van der Waals surface area contributed by atoms with Gasteiger partial charge in [-0.2, -0.15) is 0 Å². The Morgan fingerprint density at radius 3 is 2.17 bits per heavy atom. The van der Waals surface area contributed by atoms with Gasteiger partial charge in [0.2, 0.25) is 10.0 Å². The van der Waals surface area contributed by atoms with Gasteiger partial charge in [-0.25, -0.2) is 17.5 Å². The van der Waals surface area contributed by atoms with Crippen molar-refractivity contribution < 1.29 is 17.6 Å². The minimum absolute atomic E-state index is 0.160. The summed E-state index contributed by atoms with van der Waals surface area (Å²) in [4.78, 5) is 16.0. The molecule has 0 unspecified atom stereocenters. The van der Waals surface area contributed by atoms with Gasteiger partial charge in [0.15, 0.2) is 0 Å². The van der Waals surface area contributed by atoms with Gasteiger partial charge < -0.3 is 9.80 Å². The lowest BCUT2D eigenvalue weighted by Crippen LogP contribution is -2.46. The predicted molar refractivity (Wildman–Crippen MR) is 115 cm³/mol. The molecule has 2 aromatic carbocycles. The number of halogens is 4. The summed E-state index contributed by atoms with van der Waals surface area (Å²) in [5.74, 6) is -1.92. The van der Waals surface area contributed by atoms with Crippen molar-refractivity contribution in [1.82, 2.24) is 4.72 Å². The summed E-state index contributed by atoms with van der Waals surface area (Å²) in [7, 11) is -3.81. The van der Waals surface area contributed by atoms with Crippen molar-refractivity contribution in [2.24, 2.45) is 0 Å². The Morgan fingerprint density at radius 2 is 1.59 bits per heavy atom. The quantitative estimate of drug-likeness (QED) is 0.721. The lowest BCUT2D eigenvalue weighted by atomic mass is 10.1. The summed E-state index contributed by atoms with van der Waals surface area (Å²) in [6.45, 7) is 2.42. The molecule has 0 bridgehead atoms. The van der Waals surface area contributed by atoms with Crippen molar-refractivity contribution in [3.8, 4) is 0 Å². The van der Waals surface area contributed by atoms with Crippen LogP contribution in [0.3, 0.4) is 0 Å². The van der Waals surface area contributed by atoms with Crippen LogP contribution in [0.25, 0.3) is 0 Å². The van der Waals surface area contributed by atoms with Crippen molar-refractivity contribution in [2.45, 2.75) is 0 Å². The lowest BCUT2D eigenvalue weighted by Gasteiger charge is -2.38. The number of carbonyl (C=O) groups is 1. The van der Waals surface area contributed by atoms with Gasteiger partial charge in [-0.3, -0.25) is 4.79 Å². The van der Waals surface area contributed by atoms with Crippen LogP contribution >= 0.6 is 34.8 Å². The van der Waals surface area contributed by atoms with Crippen molar-refractivity contribution in [3.63, 3.8) is 0 Å². The van der Waals surface area contributed by atoms with Crippen molar-refractivity contribution in [1.29, 1.82) is 0 Å². The Bertz CT molecular complexity index is 1060. The van der Waals surface area contributed by atoms with E-state index in [-0.39, 0.29) is 5.02 Å². The second-order valence-electron chi connectivity index (χ2n) is 6.56. The number of nitrogens with one attached hydrogen (secondary N) is 1. The molecular weight excluding hydrogens is 464 g/mol. The van der Waals surface area contributed by atoms with Gasteiger partial charge in [0.25, 0.3) is 5.91 Å². The number of carbonyl (C=O) groups excluding carboxylic acids is 1. The Labute approximate surface area is 183 Å². The van der Waals surface area contributed by atoms with Gasteiger partial charge in [0.1, 0.15) is 5.82 Å². The number of hydrogen-bond acceptors (Lipinski definition) is 5. The minimum Gasteiger partial charge on any atom is -0.368 e. The zero-order valence-corrected chi connectivity index (χ0v) is 18.3. The molecule has 6 nitrogen and oxygen atoms in total. The number of rotatable bonds is 4. The Hall–Kier alpha value is -1.74. The molecule has 1 aliphatic heterocycles. The number of anilines is 2. The third-order valence-corrected chi connectivity index (χ3v) is 6.05. The molecule has 2 aromatic rings. The molecule has 0 saturated carbocycles. The van der Waals surface area contributed by atoms with E-state index in [1.165, 1.54) is 0 Å². The number of sulfonamides is 1. The molecule has 156 valence electrons. The third-order valence-electron chi connectivity index (χ3n) is 4.45. The molecule has 0 aliphatic carbocycles. The topological polar surface area (TPSA) is 69.7 Å². The smallest absolute Gasteiger partial charge is 0.267 e. The molecule has 1 N–H and O–H groups in total. The van der Waals surface area contributed by atoms with Gasteiger partial charge in [-0.05, 0) is 30.3 Å². The van der Waals surface area contributed by atoms with Crippen LogP contribution in [0.2, 0.25) is 15.1 Å². The normalized spacial score (nSPS) is 14.8. The molecule has 29 heavy (non-hydrogen) atoms. The average molecular weight is 481 g/mol. The first-order valence-corrected chi connectivity index (χ1v) is 11.5. The van der Waals surface area contributed by atoms with E-state index >= 15 is 0 Å². The summed E-state index contributed by atoms with van der Waals surface area (Å²) < 4.78 is 38.6. The Balaban J connectivity index is 1.74. The number of piperazine rings is 1. The van der Waals surface area contributed by atoms with E-state index in [4.69, 9.17) is 34.8 Å². The first-order valence-electron chi connectivity index (χ1n) is 8.51. The second kappa shape index (κ2) is 8.55. The SMILES string of the molecule is CS(=O)(=O)NC(=O)c1cc(Cl)c(N2CCN(c3ccc(Cl)c(Cl)c3)CC2)cc1F. The second-order valence-corrected chi connectivity index (χ2v) is 9.53. The highest BCUT2D eigenvalue weighted by atomic mass is 35.5. The number of hydrogen-bond donors (Lipinski definition) is 1. The molecule has 3 rings (SSSR count). The number of nitrogens with zero attached hydrogens (tertiary/aromatic N) is 2. The van der Waals surface area contributed by atoms with Gasteiger partial charge in [0, 0.05) is 31.9 Å². The van der Waals surface area contributed by atoms with Crippen LogP contribution < -0.4 is 14.5 Å². The fourth-order valence-electron chi connectivity index (χ4n) is 3.06. The summed E-state index contributed by atoms with van der Waals surface area (Å²) in [6.07, 6.45) is 0.812. The molecule has 0 radical (unpaired) electrons. The van der Waals surface area contributed by atoms with Crippen molar-refractivity contribution >= 4 is 62.1 Å². The van der Waals surface area contributed by atoms with E-state index in [9.17, 15) is 17.6 Å². The first kappa shape index (κ1) is 22.0. The highest BCUT2D eigenvalue weighted by Gasteiger charge is 2.23. The van der Waals surface area contributed by atoms with Gasteiger partial charge in [-0.15, -0.1) is 0 Å². The van der Waals surface area contributed by atoms with Crippen LogP contribution in [0.1, 0.15) is 10.4 Å². The van der Waals surface area contributed by atoms with Crippen molar-refractivity contribution in [3.05, 3.63) is 56.8 Å². The summed E-state index contributed by atoms with van der Waals surface area (Å²) in [5.41, 5.74) is 0.941. The van der Waals surface area contributed by atoms with Crippen LogP contribution in [0, 0.1) is 5.82 Å². The molecule has 0 spiro atoms. The summed E-state index contributed by atoms with van der Waals surface area (Å²) >= 11 is 18.3. The van der Waals surface area contributed by atoms with Crippen LogP contribution in [0.4, 0.5) is 15.8 Å². The van der Waals surface area contributed by atoms with E-state index in [1.54, 1.807) is 16.9 Å². The maximum absolute atomic E-state index is 14.5. The lowest BCUT2D eigenvalue weighted by molar-refractivity contribution is 0.0978. The Morgan fingerprint density at radius 1 is 0.966 bits per heavy atom. The van der Waals surface area contributed by atoms with E-state index in [2.05, 4.69) is 4.90 Å². The molecule has 1 fully saturated rings. The van der Waals surface area contributed by atoms with Crippen molar-refractivity contribution in [2.75, 3.05) is 42.2 Å². The molecule has 11 heteroatoms. The van der Waals surface area contributed by atoms with Crippen LogP contribution in [0.15, 0.2) is 30.3 Å². The fourth-order valence-corrected chi connectivity index (χ4v) is 4.09. The molecule has 0 atom stereocenters. The average Bonchev–Trinajstić information content (AvgIpc) is 2.64. The standard InChI is InChI=1S/C18H17Cl3FN3O3S/c1-29(27,28)23-18(26)12-9-15(21)17(10-16(12)22)25-6-4-24(5-7-25)11-2-3-13(19)14(20)8-11/h2-3,8-10H,4-7H2,1H3,(H,23,26). The highest BCUT2D eigenvalue weighted by molar-refractivity contribution is 7.89. The summed E-state index contributed by atoms with van der Waals surface area (Å²) in [5, 5.41) is 1.11. The van der Waals surface area contributed by atoms with Crippen LogP contribution in [-0.2, 0) is 10.0 Å². The molecule has 1 aliphatic rings. The minimum atomic E-state index is -3.81. The zero-order valence-electron chi connectivity index (χ0n) is 15.3. The molecule has 1 saturated heterocycles. The monoisotopic (exact) mass is 479 g/mol. The molecular formula is C18H17Cl3FN3O3S. The van der Waals surface area contributed by atoms with Gasteiger partial charge in [0.05, 0.1) is 32.6 Å². The van der Waals surface area contributed by atoms with E-state index in [0.717, 1.165) is 24.1 Å². The predicted octanol–water partition coefficient (Wildman–Crippen LogP) is 3.80. The fraction of sp³-hybridized carbons (Fsp3) is 0.278. The number of benzene rings is 2. The molecule has 1 amide bonds. The van der Waals surface area contributed by atoms with E-state index < -0.39 is 27.3 Å². The van der Waals surface area contributed by atoms with Gasteiger partial charge in [-0.1, -0.05) is 34.8 Å². The zero-order chi connectivity index (χ0) is 21.3. The van der Waals surface area contributed by atoms with Crippen LogP contribution in [-0.4, -0.2) is 46.8 Å². The maximum atomic E-state index is 14.5.